The Morgan fingerprint density at radius 1 is 0.893 bits per heavy atom. The molecule has 0 spiro atoms. The Kier molecular flexibility index (Phi) is 5.37. The van der Waals surface area contributed by atoms with Gasteiger partial charge in [-0.15, -0.1) is 10.2 Å². The Balaban J connectivity index is 1.87. The average molecular weight is 393 g/mol. The summed E-state index contributed by atoms with van der Waals surface area (Å²) in [7, 11) is 0. The van der Waals surface area contributed by atoms with Crippen LogP contribution < -0.4 is 0 Å². The molecule has 0 saturated heterocycles. The number of halogens is 1. The lowest BCUT2D eigenvalue weighted by atomic mass is 10.1. The van der Waals surface area contributed by atoms with Crippen LogP contribution in [0, 0.1) is 0 Å². The Labute approximate surface area is 168 Å². The molecule has 6 heteroatoms. The molecule has 0 aliphatic carbocycles. The van der Waals surface area contributed by atoms with Crippen LogP contribution >= 0.6 is 11.6 Å². The summed E-state index contributed by atoms with van der Waals surface area (Å²) in [4.78, 5) is 0. The molecule has 0 saturated carbocycles. The normalized spacial score (nSPS) is 11.4. The van der Waals surface area contributed by atoms with Crippen LogP contribution in [-0.2, 0) is 11.3 Å². The van der Waals surface area contributed by atoms with E-state index in [1.54, 1.807) is 0 Å². The highest BCUT2D eigenvalue weighted by Crippen LogP contribution is 2.37. The Morgan fingerprint density at radius 3 is 2.11 bits per heavy atom. The highest BCUT2D eigenvalue weighted by atomic mass is 35.5. The maximum atomic E-state index is 6.84. The standard InChI is InChI=1S/C22H21ClN4O/c1-15(2)28-14-13-27-22-18(20(26-27)16-9-5-3-6-10-16)19(23)21(24-25-22)17-11-7-4-8-12-17/h3-12,15H,13-14H2,1-2H3. The summed E-state index contributed by atoms with van der Waals surface area (Å²) in [6.45, 7) is 5.15. The second-order valence-corrected chi connectivity index (χ2v) is 7.16. The molecule has 2 aromatic carbocycles. The lowest BCUT2D eigenvalue weighted by molar-refractivity contribution is 0.0715. The summed E-state index contributed by atoms with van der Waals surface area (Å²) in [6, 6.07) is 19.8. The van der Waals surface area contributed by atoms with Gasteiger partial charge in [0.05, 0.1) is 29.7 Å². The molecule has 0 N–H and O–H groups in total. The second kappa shape index (κ2) is 8.09. The van der Waals surface area contributed by atoms with E-state index < -0.39 is 0 Å². The van der Waals surface area contributed by atoms with Crippen molar-refractivity contribution < 1.29 is 4.74 Å². The maximum absolute atomic E-state index is 6.84. The van der Waals surface area contributed by atoms with E-state index >= 15 is 0 Å². The summed E-state index contributed by atoms with van der Waals surface area (Å²) in [6.07, 6.45) is 0.162. The summed E-state index contributed by atoms with van der Waals surface area (Å²) in [5.41, 5.74) is 4.04. The van der Waals surface area contributed by atoms with Crippen LogP contribution in [0.4, 0.5) is 0 Å². The van der Waals surface area contributed by atoms with Crippen molar-refractivity contribution in [3.05, 3.63) is 65.7 Å². The molecule has 2 heterocycles. The molecule has 28 heavy (non-hydrogen) atoms. The van der Waals surface area contributed by atoms with Gasteiger partial charge in [0.1, 0.15) is 11.4 Å². The van der Waals surface area contributed by atoms with E-state index in [9.17, 15) is 0 Å². The predicted octanol–water partition coefficient (Wildman–Crippen LogP) is 5.24. The Hall–Kier alpha value is -2.76. The van der Waals surface area contributed by atoms with Crippen molar-refractivity contribution in [1.29, 1.82) is 0 Å². The number of hydrogen-bond acceptors (Lipinski definition) is 4. The van der Waals surface area contributed by atoms with E-state index in [0.29, 0.717) is 29.5 Å². The first-order valence-electron chi connectivity index (χ1n) is 9.30. The van der Waals surface area contributed by atoms with Crippen LogP contribution in [0.5, 0.6) is 0 Å². The summed E-state index contributed by atoms with van der Waals surface area (Å²) in [5, 5.41) is 15.1. The maximum Gasteiger partial charge on any atom is 0.182 e. The van der Waals surface area contributed by atoms with Gasteiger partial charge in [0.15, 0.2) is 5.65 Å². The van der Waals surface area contributed by atoms with Crippen LogP contribution in [0.3, 0.4) is 0 Å². The number of hydrogen-bond donors (Lipinski definition) is 0. The summed E-state index contributed by atoms with van der Waals surface area (Å²) < 4.78 is 7.52. The van der Waals surface area contributed by atoms with Crippen molar-refractivity contribution in [2.24, 2.45) is 0 Å². The fraction of sp³-hybridized carbons (Fsp3) is 0.227. The molecule has 0 radical (unpaired) electrons. The smallest absolute Gasteiger partial charge is 0.182 e. The number of aromatic nitrogens is 4. The zero-order chi connectivity index (χ0) is 19.5. The van der Waals surface area contributed by atoms with Gasteiger partial charge in [-0.2, -0.15) is 5.10 Å². The SMILES string of the molecule is CC(C)OCCn1nc(-c2ccccc2)c2c(Cl)c(-c3ccccc3)nnc21. The van der Waals surface area contributed by atoms with Crippen molar-refractivity contribution >= 4 is 22.6 Å². The van der Waals surface area contributed by atoms with Gasteiger partial charge in [-0.05, 0) is 13.8 Å². The van der Waals surface area contributed by atoms with Crippen molar-refractivity contribution in [3.8, 4) is 22.5 Å². The summed E-state index contributed by atoms with van der Waals surface area (Å²) in [5.74, 6) is 0. The van der Waals surface area contributed by atoms with E-state index in [1.807, 2.05) is 79.2 Å². The number of ether oxygens (including phenoxy) is 1. The van der Waals surface area contributed by atoms with Crippen LogP contribution in [0.25, 0.3) is 33.5 Å². The molecular formula is C22H21ClN4O. The average Bonchev–Trinajstić information content (AvgIpc) is 3.09. The first-order chi connectivity index (χ1) is 13.6. The monoisotopic (exact) mass is 392 g/mol. The fourth-order valence-corrected chi connectivity index (χ4v) is 3.45. The van der Waals surface area contributed by atoms with Gasteiger partial charge in [0.25, 0.3) is 0 Å². The highest BCUT2D eigenvalue weighted by molar-refractivity contribution is 6.38. The van der Waals surface area contributed by atoms with E-state index in [-0.39, 0.29) is 6.10 Å². The van der Waals surface area contributed by atoms with E-state index in [1.165, 1.54) is 0 Å². The van der Waals surface area contributed by atoms with Gasteiger partial charge in [-0.3, -0.25) is 0 Å². The van der Waals surface area contributed by atoms with Gasteiger partial charge >= 0.3 is 0 Å². The van der Waals surface area contributed by atoms with E-state index in [0.717, 1.165) is 22.2 Å². The van der Waals surface area contributed by atoms with E-state index in [4.69, 9.17) is 21.4 Å². The molecule has 2 aromatic heterocycles. The third kappa shape index (κ3) is 3.63. The van der Waals surface area contributed by atoms with Gasteiger partial charge in [0.2, 0.25) is 0 Å². The van der Waals surface area contributed by atoms with Gasteiger partial charge < -0.3 is 4.74 Å². The van der Waals surface area contributed by atoms with Crippen molar-refractivity contribution in [1.82, 2.24) is 20.0 Å². The number of nitrogens with zero attached hydrogens (tertiary/aromatic N) is 4. The van der Waals surface area contributed by atoms with Crippen molar-refractivity contribution in [3.63, 3.8) is 0 Å². The number of rotatable bonds is 6. The summed E-state index contributed by atoms with van der Waals surface area (Å²) >= 11 is 6.84. The van der Waals surface area contributed by atoms with Crippen LogP contribution in [-0.4, -0.2) is 32.7 Å². The number of fused-ring (bicyclic) bond motifs is 1. The highest BCUT2D eigenvalue weighted by Gasteiger charge is 2.20. The fourth-order valence-electron chi connectivity index (χ4n) is 3.13. The molecular weight excluding hydrogens is 372 g/mol. The van der Waals surface area contributed by atoms with Gasteiger partial charge in [-0.25, -0.2) is 4.68 Å². The quantitative estimate of drug-likeness (QED) is 0.450. The largest absolute Gasteiger partial charge is 0.377 e. The first-order valence-corrected chi connectivity index (χ1v) is 9.68. The second-order valence-electron chi connectivity index (χ2n) is 6.78. The molecule has 0 unspecified atom stereocenters. The van der Waals surface area contributed by atoms with Crippen molar-refractivity contribution in [2.75, 3.05) is 6.61 Å². The van der Waals surface area contributed by atoms with Crippen LogP contribution in [0.2, 0.25) is 5.02 Å². The lowest BCUT2D eigenvalue weighted by Crippen LogP contribution is -2.12. The molecule has 0 amide bonds. The Bertz CT molecular complexity index is 1080. The molecule has 0 bridgehead atoms. The van der Waals surface area contributed by atoms with Gasteiger partial charge in [0, 0.05) is 11.1 Å². The molecule has 4 rings (SSSR count). The van der Waals surface area contributed by atoms with E-state index in [2.05, 4.69) is 10.2 Å². The molecule has 142 valence electrons. The third-order valence-electron chi connectivity index (χ3n) is 4.45. The van der Waals surface area contributed by atoms with Crippen LogP contribution in [0.1, 0.15) is 13.8 Å². The minimum atomic E-state index is 0.162. The molecule has 0 aliphatic rings. The minimum absolute atomic E-state index is 0.162. The first kappa shape index (κ1) is 18.6. The van der Waals surface area contributed by atoms with Crippen molar-refractivity contribution in [2.45, 2.75) is 26.5 Å². The molecule has 4 aromatic rings. The third-order valence-corrected chi connectivity index (χ3v) is 4.81. The van der Waals surface area contributed by atoms with Crippen LogP contribution in [0.15, 0.2) is 60.7 Å². The Morgan fingerprint density at radius 2 is 1.50 bits per heavy atom. The minimum Gasteiger partial charge on any atom is -0.377 e. The number of benzene rings is 2. The molecule has 5 nitrogen and oxygen atoms in total. The lowest BCUT2D eigenvalue weighted by Gasteiger charge is -2.08. The molecule has 0 aliphatic heterocycles. The van der Waals surface area contributed by atoms with Gasteiger partial charge in [-0.1, -0.05) is 72.3 Å². The zero-order valence-corrected chi connectivity index (χ0v) is 16.6. The topological polar surface area (TPSA) is 52.8 Å². The molecule has 0 atom stereocenters. The predicted molar refractivity (Wildman–Crippen MR) is 112 cm³/mol. The zero-order valence-electron chi connectivity index (χ0n) is 15.8. The molecule has 0 fully saturated rings.